The number of nitrogens with two attached hydrogens (primary N) is 1. The Morgan fingerprint density at radius 2 is 1.80 bits per heavy atom. The fraction of sp³-hybridized carbons (Fsp3) is 0.231. The molecule has 0 aromatic heterocycles. The van der Waals surface area contributed by atoms with Gasteiger partial charge in [-0.2, -0.15) is 0 Å². The van der Waals surface area contributed by atoms with E-state index in [9.17, 15) is 19.2 Å². The van der Waals surface area contributed by atoms with Crippen LogP contribution in [-0.2, 0) is 9.59 Å². The maximum absolute atomic E-state index is 12.3. The molecule has 1 aliphatic rings. The molecule has 7 nitrogen and oxygen atoms in total. The van der Waals surface area contributed by atoms with Gasteiger partial charge in [-0.25, -0.2) is 9.69 Å². The second-order valence-electron chi connectivity index (χ2n) is 4.37. The van der Waals surface area contributed by atoms with Gasteiger partial charge in [-0.3, -0.25) is 14.4 Å². The van der Waals surface area contributed by atoms with Crippen LogP contribution in [0.15, 0.2) is 24.3 Å². The normalized spacial score (nSPS) is 19.1. The average Bonchev–Trinajstić information content (AvgIpc) is 2.43. The van der Waals surface area contributed by atoms with Crippen molar-refractivity contribution in [1.82, 2.24) is 4.90 Å². The summed E-state index contributed by atoms with van der Waals surface area (Å²) in [5.41, 5.74) is 5.05. The lowest BCUT2D eigenvalue weighted by Gasteiger charge is -2.27. The first kappa shape index (κ1) is 13.9. The topological polar surface area (TPSA) is 118 Å². The molecule has 0 spiro atoms. The lowest BCUT2D eigenvalue weighted by molar-refractivity contribution is -0.145. The van der Waals surface area contributed by atoms with Crippen LogP contribution in [0, 0.1) is 0 Å². The van der Waals surface area contributed by atoms with Crippen molar-refractivity contribution in [2.75, 3.05) is 0 Å². The van der Waals surface area contributed by atoms with Crippen molar-refractivity contribution < 1.29 is 24.3 Å². The van der Waals surface area contributed by atoms with Gasteiger partial charge >= 0.3 is 5.97 Å². The van der Waals surface area contributed by atoms with Gasteiger partial charge in [0.1, 0.15) is 0 Å². The summed E-state index contributed by atoms with van der Waals surface area (Å²) in [5, 5.41) is 9.03. The van der Waals surface area contributed by atoms with Gasteiger partial charge in [0.25, 0.3) is 11.8 Å². The molecule has 3 N–H and O–H groups in total. The first-order valence-corrected chi connectivity index (χ1v) is 5.92. The minimum Gasteiger partial charge on any atom is -0.478 e. The van der Waals surface area contributed by atoms with E-state index in [1.807, 2.05) is 0 Å². The van der Waals surface area contributed by atoms with Crippen molar-refractivity contribution in [3.63, 3.8) is 0 Å². The molecule has 0 radical (unpaired) electrons. The first-order chi connectivity index (χ1) is 9.43. The quantitative estimate of drug-likeness (QED) is 0.734. The van der Waals surface area contributed by atoms with Crippen LogP contribution in [-0.4, -0.2) is 39.7 Å². The van der Waals surface area contributed by atoms with E-state index in [1.165, 1.54) is 24.3 Å². The second-order valence-corrected chi connectivity index (χ2v) is 4.37. The Morgan fingerprint density at radius 1 is 1.20 bits per heavy atom. The lowest BCUT2D eigenvalue weighted by Crippen LogP contribution is -2.53. The van der Waals surface area contributed by atoms with Crippen molar-refractivity contribution >= 4 is 23.7 Å². The summed E-state index contributed by atoms with van der Waals surface area (Å²) in [7, 11) is 0. The van der Waals surface area contributed by atoms with Crippen molar-refractivity contribution in [3.8, 4) is 0 Å². The lowest BCUT2D eigenvalue weighted by atomic mass is 10.0. The zero-order valence-corrected chi connectivity index (χ0v) is 10.4. The van der Waals surface area contributed by atoms with E-state index in [0.29, 0.717) is 4.90 Å². The fourth-order valence-corrected chi connectivity index (χ4v) is 1.99. The number of carboxylic acid groups (broad SMARTS) is 1. The number of carbonyl (C=O) groups excluding carboxylic acids is 3. The first-order valence-electron chi connectivity index (χ1n) is 5.92. The summed E-state index contributed by atoms with van der Waals surface area (Å²) in [4.78, 5) is 47.3. The van der Waals surface area contributed by atoms with Crippen LogP contribution in [0.25, 0.3) is 0 Å². The molecule has 0 saturated carbocycles. The average molecular weight is 276 g/mol. The SMILES string of the molecule is N[C@@H]1CCC(=O)N(C(=O)c2ccccc2C(=O)O)C1=O. The van der Waals surface area contributed by atoms with Gasteiger partial charge in [-0.05, 0) is 18.6 Å². The summed E-state index contributed by atoms with van der Waals surface area (Å²) in [6, 6.07) is 4.47. The van der Waals surface area contributed by atoms with Gasteiger partial charge in [0.2, 0.25) is 5.91 Å². The minimum absolute atomic E-state index is 0.0200. The Balaban J connectivity index is 2.43. The van der Waals surface area contributed by atoms with Crippen LogP contribution < -0.4 is 5.73 Å². The molecule has 1 aliphatic heterocycles. The van der Waals surface area contributed by atoms with E-state index in [4.69, 9.17) is 10.8 Å². The third-order valence-corrected chi connectivity index (χ3v) is 3.05. The number of amides is 3. The molecule has 1 saturated heterocycles. The van der Waals surface area contributed by atoms with Gasteiger partial charge < -0.3 is 10.8 Å². The van der Waals surface area contributed by atoms with E-state index in [0.717, 1.165) is 0 Å². The molecule has 2 rings (SSSR count). The standard InChI is InChI=1S/C13H12N2O5/c14-9-5-6-10(16)15(12(9)18)11(17)7-3-1-2-4-8(7)13(19)20/h1-4,9H,5-6,14H2,(H,19,20)/t9-/m1/s1. The van der Waals surface area contributed by atoms with Crippen LogP contribution in [0.2, 0.25) is 0 Å². The van der Waals surface area contributed by atoms with Crippen LogP contribution >= 0.6 is 0 Å². The zero-order chi connectivity index (χ0) is 14.9. The van der Waals surface area contributed by atoms with E-state index in [-0.39, 0.29) is 24.0 Å². The van der Waals surface area contributed by atoms with Crippen LogP contribution in [0.3, 0.4) is 0 Å². The Morgan fingerprint density at radius 3 is 2.40 bits per heavy atom. The molecule has 1 fully saturated rings. The fourth-order valence-electron chi connectivity index (χ4n) is 1.99. The van der Waals surface area contributed by atoms with E-state index in [2.05, 4.69) is 0 Å². The molecule has 1 aromatic carbocycles. The molecule has 0 unspecified atom stereocenters. The van der Waals surface area contributed by atoms with Gasteiger partial charge in [0, 0.05) is 6.42 Å². The summed E-state index contributed by atoms with van der Waals surface area (Å²) in [5.74, 6) is -3.73. The zero-order valence-electron chi connectivity index (χ0n) is 10.4. The molecule has 0 aliphatic carbocycles. The smallest absolute Gasteiger partial charge is 0.336 e. The Kier molecular flexibility index (Phi) is 3.62. The van der Waals surface area contributed by atoms with Gasteiger partial charge in [-0.1, -0.05) is 12.1 Å². The number of imide groups is 3. The van der Waals surface area contributed by atoms with Gasteiger partial charge in [0.15, 0.2) is 0 Å². The van der Waals surface area contributed by atoms with Crippen LogP contribution in [0.5, 0.6) is 0 Å². The summed E-state index contributed by atoms with van der Waals surface area (Å²) < 4.78 is 0. The van der Waals surface area contributed by atoms with Gasteiger partial charge in [0.05, 0.1) is 17.2 Å². The van der Waals surface area contributed by atoms with E-state index in [1.54, 1.807) is 0 Å². The number of nitrogens with zero attached hydrogens (tertiary/aromatic N) is 1. The van der Waals surface area contributed by atoms with Gasteiger partial charge in [-0.15, -0.1) is 0 Å². The number of aromatic carboxylic acids is 1. The Hall–Kier alpha value is -2.54. The molecule has 1 heterocycles. The number of likely N-dealkylation sites (tertiary alicyclic amines) is 1. The van der Waals surface area contributed by atoms with Crippen molar-refractivity contribution in [2.24, 2.45) is 5.73 Å². The number of piperidine rings is 1. The van der Waals surface area contributed by atoms with Crippen molar-refractivity contribution in [3.05, 3.63) is 35.4 Å². The molecule has 104 valence electrons. The maximum atomic E-state index is 12.3. The molecule has 20 heavy (non-hydrogen) atoms. The van der Waals surface area contributed by atoms with Crippen LogP contribution in [0.4, 0.5) is 0 Å². The van der Waals surface area contributed by atoms with Crippen molar-refractivity contribution in [2.45, 2.75) is 18.9 Å². The van der Waals surface area contributed by atoms with E-state index >= 15 is 0 Å². The van der Waals surface area contributed by atoms with Crippen LogP contribution in [0.1, 0.15) is 33.6 Å². The summed E-state index contributed by atoms with van der Waals surface area (Å²) in [6.07, 6.45) is 0.163. The number of hydrogen-bond acceptors (Lipinski definition) is 5. The largest absolute Gasteiger partial charge is 0.478 e. The highest BCUT2D eigenvalue weighted by molar-refractivity contribution is 6.20. The molecule has 1 aromatic rings. The minimum atomic E-state index is -1.31. The predicted molar refractivity (Wildman–Crippen MR) is 66.8 cm³/mol. The molecular formula is C13H12N2O5. The van der Waals surface area contributed by atoms with Crippen molar-refractivity contribution in [1.29, 1.82) is 0 Å². The third kappa shape index (κ3) is 2.30. The Labute approximate surface area is 114 Å². The molecule has 7 heteroatoms. The second kappa shape index (κ2) is 5.22. The van der Waals surface area contributed by atoms with E-state index < -0.39 is 29.7 Å². The number of rotatable bonds is 2. The molecular weight excluding hydrogens is 264 g/mol. The highest BCUT2D eigenvalue weighted by atomic mass is 16.4. The predicted octanol–water partition coefficient (Wildman–Crippen LogP) is 0.00130. The highest BCUT2D eigenvalue weighted by Crippen LogP contribution is 2.18. The summed E-state index contributed by atoms with van der Waals surface area (Å²) >= 11 is 0. The number of hydrogen-bond donors (Lipinski definition) is 2. The monoisotopic (exact) mass is 276 g/mol. The molecule has 3 amide bonds. The molecule has 0 bridgehead atoms. The number of benzene rings is 1. The molecule has 1 atom stereocenters. The Bertz CT molecular complexity index is 611. The number of carboxylic acids is 1. The summed E-state index contributed by atoms with van der Waals surface area (Å²) in [6.45, 7) is 0. The third-order valence-electron chi connectivity index (χ3n) is 3.05. The highest BCUT2D eigenvalue weighted by Gasteiger charge is 2.38. The number of carbonyl (C=O) groups is 4. The maximum Gasteiger partial charge on any atom is 0.336 e.